The largest absolute Gasteiger partial charge is 0.208 e. The summed E-state index contributed by atoms with van der Waals surface area (Å²) in [6.07, 6.45) is 0. The lowest BCUT2D eigenvalue weighted by atomic mass is 10.1. The Kier molecular flexibility index (Phi) is 10.9. The van der Waals surface area contributed by atoms with Crippen molar-refractivity contribution in [2.75, 3.05) is 0 Å². The first-order valence-corrected chi connectivity index (χ1v) is 25.5. The number of hydrogen-bond donors (Lipinski definition) is 0. The summed E-state index contributed by atoms with van der Waals surface area (Å²) in [4.78, 5) is 16.1. The van der Waals surface area contributed by atoms with Gasteiger partial charge < -0.3 is 0 Å². The summed E-state index contributed by atoms with van der Waals surface area (Å²) < 4.78 is 0. The van der Waals surface area contributed by atoms with Gasteiger partial charge >= 0.3 is 0 Å². The third kappa shape index (κ3) is 7.27. The fourth-order valence-corrected chi connectivity index (χ4v) is 19.1. The van der Waals surface area contributed by atoms with Gasteiger partial charge in [0.05, 0.1) is 0 Å². The minimum atomic E-state index is -2.82. The molecule has 10 aromatic rings. The van der Waals surface area contributed by atoms with Crippen LogP contribution in [0.5, 0.6) is 0 Å². The summed E-state index contributed by atoms with van der Waals surface area (Å²) in [5, 5.41) is 10.4. The topological polar surface area (TPSA) is 38.7 Å². The highest BCUT2D eigenvalue weighted by Crippen LogP contribution is 2.27. The van der Waals surface area contributed by atoms with Crippen molar-refractivity contribution in [1.29, 1.82) is 0 Å². The van der Waals surface area contributed by atoms with E-state index < -0.39 is 16.1 Å². The van der Waals surface area contributed by atoms with Crippen LogP contribution in [0.15, 0.2) is 255 Å². The third-order valence-corrected chi connectivity index (χ3v) is 21.9. The molecule has 0 atom stereocenters. The van der Waals surface area contributed by atoms with Gasteiger partial charge in [0.2, 0.25) is 0 Å². The van der Waals surface area contributed by atoms with Gasteiger partial charge in [-0.25, -0.2) is 15.0 Å². The fourth-order valence-electron chi connectivity index (χ4n) is 9.49. The fraction of sp³-hybridized carbons (Fsp3) is 0.0172. The average Bonchev–Trinajstić information content (AvgIpc) is 3.37. The lowest BCUT2D eigenvalue weighted by Crippen LogP contribution is -2.74. The summed E-state index contributed by atoms with van der Waals surface area (Å²) in [7, 11) is -5.64. The predicted octanol–water partition coefficient (Wildman–Crippen LogP) is 7.94. The highest BCUT2D eigenvalue weighted by atomic mass is 28.3. The number of benzene rings is 9. The van der Waals surface area contributed by atoms with E-state index >= 15 is 0 Å². The molecule has 0 aliphatic heterocycles. The normalized spacial score (nSPS) is 11.6. The Labute approximate surface area is 372 Å². The molecule has 9 aromatic carbocycles. The van der Waals surface area contributed by atoms with Gasteiger partial charge in [-0.3, -0.25) is 0 Å². The van der Waals surface area contributed by atoms with Crippen molar-refractivity contribution >= 4 is 57.6 Å². The molecule has 0 aliphatic carbocycles. The van der Waals surface area contributed by atoms with Crippen molar-refractivity contribution in [2.24, 2.45) is 0 Å². The molecule has 0 radical (unpaired) electrons. The molecule has 10 rings (SSSR count). The monoisotopic (exact) mass is 839 g/mol. The zero-order valence-corrected chi connectivity index (χ0v) is 37.1. The summed E-state index contributed by atoms with van der Waals surface area (Å²) in [5.41, 5.74) is 3.99. The van der Waals surface area contributed by atoms with Crippen LogP contribution in [0.1, 0.15) is 5.56 Å². The van der Waals surface area contributed by atoms with Crippen LogP contribution in [-0.4, -0.2) is 31.1 Å². The maximum atomic E-state index is 5.42. The van der Waals surface area contributed by atoms with Crippen molar-refractivity contribution in [3.8, 4) is 34.2 Å². The highest BCUT2D eigenvalue weighted by Gasteiger charge is 2.43. The van der Waals surface area contributed by atoms with E-state index in [2.05, 4.69) is 262 Å². The molecule has 3 nitrogen and oxygen atoms in total. The van der Waals surface area contributed by atoms with E-state index in [0.29, 0.717) is 17.5 Å². The summed E-state index contributed by atoms with van der Waals surface area (Å²) in [6.45, 7) is 2.12. The van der Waals surface area contributed by atoms with E-state index in [9.17, 15) is 0 Å². The molecule has 1 heterocycles. The van der Waals surface area contributed by atoms with Gasteiger partial charge in [-0.1, -0.05) is 255 Å². The van der Waals surface area contributed by atoms with E-state index in [1.165, 1.54) is 41.5 Å². The first-order chi connectivity index (χ1) is 31.2. The molecule has 0 saturated heterocycles. The standard InChI is InChI=1S/C58H45N3Si2/c1-44-24-20-21-41-55(44)58-60-56(45-25-22-39-53(42-45)62(47-27-8-2-9-28-47,48-29-10-3-11-30-48)49-31-12-4-13-32-49)59-57(61-58)46-26-23-40-54(43-46)63(50-33-14-5-15-34-50,51-35-16-6-17-36-51)52-37-18-7-19-38-52/h2-43H,1H3. The van der Waals surface area contributed by atoms with Crippen molar-refractivity contribution in [2.45, 2.75) is 6.92 Å². The maximum Gasteiger partial charge on any atom is 0.179 e. The van der Waals surface area contributed by atoms with Crippen LogP contribution in [0.4, 0.5) is 0 Å². The number of rotatable bonds is 11. The molecule has 5 heteroatoms. The molecule has 1 aromatic heterocycles. The number of aromatic nitrogens is 3. The van der Waals surface area contributed by atoms with Crippen molar-refractivity contribution < 1.29 is 0 Å². The summed E-state index contributed by atoms with van der Waals surface area (Å²) in [5.74, 6) is 1.93. The second-order valence-electron chi connectivity index (χ2n) is 16.0. The smallest absolute Gasteiger partial charge is 0.179 e. The van der Waals surface area contributed by atoms with Crippen LogP contribution < -0.4 is 41.5 Å². The number of hydrogen-bond acceptors (Lipinski definition) is 3. The summed E-state index contributed by atoms with van der Waals surface area (Å²) >= 11 is 0. The predicted molar refractivity (Wildman–Crippen MR) is 268 cm³/mol. The molecule has 0 bridgehead atoms. The summed E-state index contributed by atoms with van der Waals surface area (Å²) in [6, 6.07) is 92.5. The highest BCUT2D eigenvalue weighted by molar-refractivity contribution is 7.20. The minimum Gasteiger partial charge on any atom is -0.208 e. The Morgan fingerprint density at radius 2 is 0.524 bits per heavy atom. The molecule has 0 N–H and O–H groups in total. The molecule has 0 fully saturated rings. The van der Waals surface area contributed by atoms with Gasteiger partial charge in [-0.2, -0.15) is 0 Å². The first-order valence-electron chi connectivity index (χ1n) is 21.5. The quantitative estimate of drug-likeness (QED) is 0.0982. The van der Waals surface area contributed by atoms with Crippen LogP contribution in [-0.2, 0) is 0 Å². The Balaban J connectivity index is 1.21. The second-order valence-corrected chi connectivity index (χ2v) is 23.6. The van der Waals surface area contributed by atoms with Crippen LogP contribution in [0.2, 0.25) is 0 Å². The molecular formula is C58H45N3Si2. The van der Waals surface area contributed by atoms with Gasteiger partial charge in [0.1, 0.15) is 0 Å². The second kappa shape index (κ2) is 17.4. The lowest BCUT2D eigenvalue weighted by Gasteiger charge is -2.34. The van der Waals surface area contributed by atoms with E-state index in [-0.39, 0.29) is 0 Å². The minimum absolute atomic E-state index is 0.639. The Bertz CT molecular complexity index is 2730. The SMILES string of the molecule is Cc1ccccc1-c1nc(-c2cccc([Si](c3ccccc3)(c3ccccc3)c3ccccc3)c2)nc(-c2cccc([Si](c3ccccc3)(c3ccccc3)c3ccccc3)c2)n1. The van der Waals surface area contributed by atoms with Gasteiger partial charge in [-0.05, 0) is 54.0 Å². The Morgan fingerprint density at radius 3 is 0.841 bits per heavy atom. The molecule has 0 aliphatic rings. The third-order valence-electron chi connectivity index (χ3n) is 12.4. The number of nitrogens with zero attached hydrogens (tertiary/aromatic N) is 3. The molecule has 0 amide bonds. The molecule has 0 saturated carbocycles. The van der Waals surface area contributed by atoms with E-state index in [4.69, 9.17) is 15.0 Å². The van der Waals surface area contributed by atoms with E-state index in [1.807, 2.05) is 0 Å². The molecular weight excluding hydrogens is 795 g/mol. The lowest BCUT2D eigenvalue weighted by molar-refractivity contribution is 1.07. The van der Waals surface area contributed by atoms with Crippen molar-refractivity contribution in [3.63, 3.8) is 0 Å². The van der Waals surface area contributed by atoms with Crippen LogP contribution in [0.3, 0.4) is 0 Å². The Morgan fingerprint density at radius 1 is 0.254 bits per heavy atom. The van der Waals surface area contributed by atoms with Gasteiger partial charge in [0.25, 0.3) is 0 Å². The van der Waals surface area contributed by atoms with Crippen LogP contribution >= 0.6 is 0 Å². The van der Waals surface area contributed by atoms with Crippen LogP contribution in [0, 0.1) is 6.92 Å². The van der Waals surface area contributed by atoms with Crippen molar-refractivity contribution in [3.05, 3.63) is 260 Å². The Hall–Kier alpha value is -7.58. The molecule has 0 spiro atoms. The zero-order valence-electron chi connectivity index (χ0n) is 35.1. The molecule has 0 unspecified atom stereocenters. The zero-order chi connectivity index (χ0) is 42.5. The van der Waals surface area contributed by atoms with Gasteiger partial charge in [-0.15, -0.1) is 0 Å². The van der Waals surface area contributed by atoms with E-state index in [1.54, 1.807) is 0 Å². The van der Waals surface area contributed by atoms with Crippen LogP contribution in [0.25, 0.3) is 34.2 Å². The molecule has 300 valence electrons. The number of aryl methyl sites for hydroxylation is 1. The van der Waals surface area contributed by atoms with Crippen molar-refractivity contribution in [1.82, 2.24) is 15.0 Å². The van der Waals surface area contributed by atoms with Gasteiger partial charge in [0, 0.05) is 16.7 Å². The van der Waals surface area contributed by atoms with E-state index in [0.717, 1.165) is 22.3 Å². The maximum absolute atomic E-state index is 5.42. The average molecular weight is 840 g/mol. The first kappa shape index (κ1) is 39.6. The van der Waals surface area contributed by atoms with Gasteiger partial charge in [0.15, 0.2) is 33.6 Å². The molecule has 63 heavy (non-hydrogen) atoms.